The Hall–Kier alpha value is -2.68. The summed E-state index contributed by atoms with van der Waals surface area (Å²) in [7, 11) is -3.75. The van der Waals surface area contributed by atoms with Gasteiger partial charge in [0.05, 0.1) is 0 Å². The Labute approximate surface area is 187 Å². The van der Waals surface area contributed by atoms with E-state index in [0.717, 1.165) is 28.2 Å². The molecule has 8 heteroatoms. The van der Waals surface area contributed by atoms with Gasteiger partial charge in [-0.1, -0.05) is 24.3 Å². The van der Waals surface area contributed by atoms with E-state index in [4.69, 9.17) is 0 Å². The Kier molecular flexibility index (Phi) is 6.13. The highest BCUT2D eigenvalue weighted by Crippen LogP contribution is 2.28. The van der Waals surface area contributed by atoms with Crippen LogP contribution in [0.25, 0.3) is 0 Å². The lowest BCUT2D eigenvalue weighted by molar-refractivity contribution is 0.102. The van der Waals surface area contributed by atoms with Crippen molar-refractivity contribution in [2.45, 2.75) is 18.7 Å². The Morgan fingerprint density at radius 3 is 2.32 bits per heavy atom. The van der Waals surface area contributed by atoms with Gasteiger partial charge < -0.3 is 10.2 Å². The molecule has 0 bridgehead atoms. The van der Waals surface area contributed by atoms with Crippen LogP contribution in [-0.4, -0.2) is 44.8 Å². The first-order valence-electron chi connectivity index (χ1n) is 10.1. The summed E-state index contributed by atoms with van der Waals surface area (Å²) in [6.07, 6.45) is 0. The zero-order valence-corrected chi connectivity index (χ0v) is 19.2. The Morgan fingerprint density at radius 2 is 1.65 bits per heavy atom. The van der Waals surface area contributed by atoms with Crippen molar-refractivity contribution >= 4 is 38.6 Å². The van der Waals surface area contributed by atoms with Crippen molar-refractivity contribution in [1.82, 2.24) is 4.31 Å². The number of thiophene rings is 1. The summed E-state index contributed by atoms with van der Waals surface area (Å²) in [5.41, 5.74) is 3.94. The molecule has 162 valence electrons. The van der Waals surface area contributed by atoms with Gasteiger partial charge in [0.2, 0.25) is 10.0 Å². The van der Waals surface area contributed by atoms with Crippen LogP contribution in [0.2, 0.25) is 0 Å². The molecule has 1 amide bonds. The lowest BCUT2D eigenvalue weighted by atomic mass is 10.1. The summed E-state index contributed by atoms with van der Waals surface area (Å²) in [4.78, 5) is 15.3. The molecule has 31 heavy (non-hydrogen) atoms. The van der Waals surface area contributed by atoms with Crippen LogP contribution in [0.15, 0.2) is 64.9 Å². The Balaban J connectivity index is 1.49. The molecule has 0 spiro atoms. The van der Waals surface area contributed by atoms with Crippen LogP contribution >= 0.6 is 11.3 Å². The van der Waals surface area contributed by atoms with E-state index in [1.807, 2.05) is 62.4 Å². The highest BCUT2D eigenvalue weighted by Gasteiger charge is 2.32. The summed E-state index contributed by atoms with van der Waals surface area (Å²) in [5, 5.41) is 4.49. The van der Waals surface area contributed by atoms with Crippen LogP contribution in [0.1, 0.15) is 20.8 Å². The summed E-state index contributed by atoms with van der Waals surface area (Å²) in [6, 6.07) is 17.1. The third-order valence-corrected chi connectivity index (χ3v) is 8.56. The number of nitrogens with zero attached hydrogens (tertiary/aromatic N) is 2. The number of carbonyl (C=O) groups excluding carboxylic acids is 1. The summed E-state index contributed by atoms with van der Waals surface area (Å²) < 4.78 is 28.1. The van der Waals surface area contributed by atoms with Crippen LogP contribution in [0.4, 0.5) is 11.4 Å². The minimum Gasteiger partial charge on any atom is -0.369 e. The van der Waals surface area contributed by atoms with E-state index in [-0.39, 0.29) is 9.77 Å². The number of hydrogen-bond acceptors (Lipinski definition) is 5. The first-order chi connectivity index (χ1) is 14.9. The number of anilines is 2. The number of hydrogen-bond donors (Lipinski definition) is 1. The average molecular weight is 456 g/mol. The van der Waals surface area contributed by atoms with Crippen molar-refractivity contribution in [3.8, 4) is 0 Å². The summed E-state index contributed by atoms with van der Waals surface area (Å²) in [6.45, 7) is 5.95. The zero-order chi connectivity index (χ0) is 22.0. The van der Waals surface area contributed by atoms with E-state index in [1.165, 1.54) is 10.4 Å². The van der Waals surface area contributed by atoms with Crippen molar-refractivity contribution < 1.29 is 13.2 Å². The highest BCUT2D eigenvalue weighted by molar-refractivity contribution is 7.89. The number of nitrogens with one attached hydrogen (secondary N) is 1. The molecule has 1 aromatic heterocycles. The second kappa shape index (κ2) is 8.82. The summed E-state index contributed by atoms with van der Waals surface area (Å²) >= 11 is 1.14. The van der Waals surface area contributed by atoms with E-state index < -0.39 is 15.9 Å². The number of carbonyl (C=O) groups is 1. The molecule has 0 aliphatic carbocycles. The topological polar surface area (TPSA) is 69.7 Å². The number of aryl methyl sites for hydroxylation is 2. The van der Waals surface area contributed by atoms with Gasteiger partial charge in [-0.15, -0.1) is 11.3 Å². The lowest BCUT2D eigenvalue weighted by Crippen LogP contribution is -2.48. The van der Waals surface area contributed by atoms with E-state index in [1.54, 1.807) is 5.38 Å². The predicted octanol–water partition coefficient (Wildman–Crippen LogP) is 4.13. The van der Waals surface area contributed by atoms with Gasteiger partial charge in [0.15, 0.2) is 0 Å². The summed E-state index contributed by atoms with van der Waals surface area (Å²) in [5.74, 6) is -0.403. The van der Waals surface area contributed by atoms with Crippen LogP contribution in [0.3, 0.4) is 0 Å². The minimum atomic E-state index is -3.75. The quantitative estimate of drug-likeness (QED) is 0.628. The molecule has 0 saturated carbocycles. The van der Waals surface area contributed by atoms with Crippen LogP contribution in [-0.2, 0) is 10.0 Å². The monoisotopic (exact) mass is 455 g/mol. The standard InChI is InChI=1S/C23H25N3O3S2/c1-17-8-9-19(16-18(17)2)24-23(27)22-21(10-15-30-22)31(28,29)26-13-11-25(12-14-26)20-6-4-3-5-7-20/h3-10,15-16H,11-14H2,1-2H3,(H,24,27). The van der Waals surface area contributed by atoms with E-state index in [0.29, 0.717) is 31.9 Å². The van der Waals surface area contributed by atoms with Gasteiger partial charge >= 0.3 is 0 Å². The van der Waals surface area contributed by atoms with Gasteiger partial charge in [-0.2, -0.15) is 4.31 Å². The number of piperazine rings is 1. The van der Waals surface area contributed by atoms with Crippen LogP contribution < -0.4 is 10.2 Å². The van der Waals surface area contributed by atoms with Crippen molar-refractivity contribution in [2.24, 2.45) is 0 Å². The molecule has 1 fully saturated rings. The van der Waals surface area contributed by atoms with Gasteiger partial charge in [-0.25, -0.2) is 8.42 Å². The molecule has 1 N–H and O–H groups in total. The smallest absolute Gasteiger partial charge is 0.267 e. The first kappa shape index (κ1) is 21.5. The third kappa shape index (κ3) is 4.51. The fraction of sp³-hybridized carbons (Fsp3) is 0.261. The van der Waals surface area contributed by atoms with Crippen molar-refractivity contribution in [1.29, 1.82) is 0 Å². The van der Waals surface area contributed by atoms with Gasteiger partial charge in [0.25, 0.3) is 5.91 Å². The molecule has 6 nitrogen and oxygen atoms in total. The minimum absolute atomic E-state index is 0.0759. The number of sulfonamides is 1. The maximum Gasteiger partial charge on any atom is 0.267 e. The van der Waals surface area contributed by atoms with Crippen molar-refractivity contribution in [3.63, 3.8) is 0 Å². The molecule has 1 saturated heterocycles. The van der Waals surface area contributed by atoms with Crippen molar-refractivity contribution in [2.75, 3.05) is 36.4 Å². The van der Waals surface area contributed by atoms with Gasteiger partial charge in [-0.3, -0.25) is 4.79 Å². The Morgan fingerprint density at radius 1 is 0.935 bits per heavy atom. The number of rotatable bonds is 5. The average Bonchev–Trinajstić information content (AvgIpc) is 3.28. The second-order valence-corrected chi connectivity index (χ2v) is 10.4. The molecule has 1 aliphatic rings. The van der Waals surface area contributed by atoms with Crippen LogP contribution in [0, 0.1) is 13.8 Å². The Bertz CT molecular complexity index is 1180. The zero-order valence-electron chi connectivity index (χ0n) is 17.5. The normalized spacial score (nSPS) is 15.1. The molecule has 2 aromatic carbocycles. The molecule has 2 heterocycles. The number of para-hydroxylation sites is 1. The van der Waals surface area contributed by atoms with Crippen LogP contribution in [0.5, 0.6) is 0 Å². The second-order valence-electron chi connectivity index (χ2n) is 7.59. The third-order valence-electron chi connectivity index (χ3n) is 5.58. The van der Waals surface area contributed by atoms with Crippen molar-refractivity contribution in [3.05, 3.63) is 76.0 Å². The highest BCUT2D eigenvalue weighted by atomic mass is 32.2. The molecular formula is C23H25N3O3S2. The number of amides is 1. The SMILES string of the molecule is Cc1ccc(NC(=O)c2sccc2S(=O)(=O)N2CCN(c3ccccc3)CC2)cc1C. The maximum atomic E-state index is 13.3. The van der Waals surface area contributed by atoms with E-state index in [9.17, 15) is 13.2 Å². The maximum absolute atomic E-state index is 13.3. The van der Waals surface area contributed by atoms with Gasteiger partial charge in [0.1, 0.15) is 9.77 Å². The molecule has 4 rings (SSSR count). The molecule has 0 atom stereocenters. The predicted molar refractivity (Wildman–Crippen MR) is 126 cm³/mol. The molecule has 0 radical (unpaired) electrons. The fourth-order valence-corrected chi connectivity index (χ4v) is 6.36. The van der Waals surface area contributed by atoms with Gasteiger partial charge in [-0.05, 0) is 60.7 Å². The van der Waals surface area contributed by atoms with E-state index >= 15 is 0 Å². The van der Waals surface area contributed by atoms with Gasteiger partial charge in [0, 0.05) is 37.6 Å². The fourth-order valence-electron chi connectivity index (χ4n) is 3.64. The lowest BCUT2D eigenvalue weighted by Gasteiger charge is -2.35. The molecular weight excluding hydrogens is 430 g/mol. The number of benzene rings is 2. The first-order valence-corrected chi connectivity index (χ1v) is 12.4. The molecule has 1 aliphatic heterocycles. The molecule has 0 unspecified atom stereocenters. The molecule has 3 aromatic rings. The van der Waals surface area contributed by atoms with E-state index in [2.05, 4.69) is 10.2 Å². The largest absolute Gasteiger partial charge is 0.369 e.